The minimum absolute atomic E-state index is 0.712. The van der Waals surface area contributed by atoms with Crippen LogP contribution in [0.2, 0.25) is 0 Å². The van der Waals surface area contributed by atoms with Crippen LogP contribution in [0.4, 0.5) is 0 Å². The lowest BCUT2D eigenvalue weighted by Crippen LogP contribution is -1.94. The maximum Gasteiger partial charge on any atom is 0.332 e. The molecule has 68 valence electrons. The molecule has 0 aliphatic heterocycles. The van der Waals surface area contributed by atoms with Crippen molar-refractivity contribution in [2.24, 2.45) is 0 Å². The van der Waals surface area contributed by atoms with Crippen LogP contribution in [0.5, 0.6) is 0 Å². The molecule has 11 heavy (non-hydrogen) atoms. The number of hydrogen-bond acceptors (Lipinski definition) is 3. The average Bonchev–Trinajstić information content (AvgIpc) is 2.05. The highest BCUT2D eigenvalue weighted by molar-refractivity contribution is 7.41. The molecule has 0 radical (unpaired) electrons. The summed E-state index contributed by atoms with van der Waals surface area (Å²) in [5, 5.41) is 0. The van der Waals surface area contributed by atoms with E-state index in [0.717, 1.165) is 12.8 Å². The van der Waals surface area contributed by atoms with Gasteiger partial charge in [0.05, 0.1) is 13.2 Å². The molecule has 0 heterocycles. The fraction of sp³-hybridized carbons (Fsp3) is 1.00. The smallest absolute Gasteiger partial charge is 0.316 e. The first kappa shape index (κ1) is 11.3. The second kappa shape index (κ2) is 8.41. The maximum atomic E-state index is 5.26. The van der Waals surface area contributed by atoms with Gasteiger partial charge in [-0.2, -0.15) is 0 Å². The average molecular weight is 180 g/mol. The lowest BCUT2D eigenvalue weighted by molar-refractivity contribution is 0.181. The van der Waals surface area contributed by atoms with Gasteiger partial charge in [0, 0.05) is 7.11 Å². The van der Waals surface area contributed by atoms with Crippen molar-refractivity contribution in [1.29, 1.82) is 0 Å². The van der Waals surface area contributed by atoms with Crippen LogP contribution in [0.3, 0.4) is 0 Å². The van der Waals surface area contributed by atoms with Crippen LogP contribution in [0, 0.1) is 0 Å². The number of hydrogen-bond donors (Lipinski definition) is 0. The van der Waals surface area contributed by atoms with Crippen LogP contribution in [0.25, 0.3) is 0 Å². The van der Waals surface area contributed by atoms with E-state index in [1.54, 1.807) is 7.11 Å². The molecule has 0 spiro atoms. The van der Waals surface area contributed by atoms with Gasteiger partial charge in [0.1, 0.15) is 0 Å². The molecule has 0 aliphatic carbocycles. The second-order valence-corrected chi connectivity index (χ2v) is 3.40. The zero-order valence-corrected chi connectivity index (χ0v) is 8.39. The molecule has 0 aromatic carbocycles. The Morgan fingerprint density at radius 3 is 1.73 bits per heavy atom. The van der Waals surface area contributed by atoms with Crippen molar-refractivity contribution in [2.75, 3.05) is 20.3 Å². The first-order valence-electron chi connectivity index (χ1n) is 3.95. The van der Waals surface area contributed by atoms with Crippen LogP contribution in [-0.2, 0) is 13.6 Å². The lowest BCUT2D eigenvalue weighted by atomic mass is 10.5. The van der Waals surface area contributed by atoms with Gasteiger partial charge in [0.25, 0.3) is 0 Å². The summed E-state index contributed by atoms with van der Waals surface area (Å²) in [4.78, 5) is 0. The quantitative estimate of drug-likeness (QED) is 0.564. The monoisotopic (exact) mass is 180 g/mol. The van der Waals surface area contributed by atoms with Crippen molar-refractivity contribution in [3.05, 3.63) is 0 Å². The summed E-state index contributed by atoms with van der Waals surface area (Å²) in [6.07, 6.45) is 2.00. The molecule has 0 aromatic rings. The zero-order valence-electron chi connectivity index (χ0n) is 7.50. The largest absolute Gasteiger partial charge is 0.332 e. The summed E-state index contributed by atoms with van der Waals surface area (Å²) < 4.78 is 15.5. The van der Waals surface area contributed by atoms with E-state index in [9.17, 15) is 0 Å². The van der Waals surface area contributed by atoms with Crippen molar-refractivity contribution in [1.82, 2.24) is 0 Å². The van der Waals surface area contributed by atoms with Gasteiger partial charge in [-0.3, -0.25) is 0 Å². The molecule has 4 heteroatoms. The van der Waals surface area contributed by atoms with Crippen LogP contribution in [-0.4, -0.2) is 20.3 Å². The van der Waals surface area contributed by atoms with Gasteiger partial charge in [0.2, 0.25) is 0 Å². The molecular weight excluding hydrogens is 163 g/mol. The van der Waals surface area contributed by atoms with E-state index in [1.807, 2.05) is 0 Å². The van der Waals surface area contributed by atoms with E-state index in [2.05, 4.69) is 13.8 Å². The molecule has 0 rings (SSSR count). The summed E-state index contributed by atoms with van der Waals surface area (Å²) >= 11 is 0. The van der Waals surface area contributed by atoms with Gasteiger partial charge in [-0.05, 0) is 12.8 Å². The first-order chi connectivity index (χ1) is 5.35. The number of rotatable bonds is 7. The van der Waals surface area contributed by atoms with Crippen LogP contribution < -0.4 is 0 Å². The zero-order chi connectivity index (χ0) is 8.53. The molecule has 0 N–H and O–H groups in total. The minimum atomic E-state index is -1.07. The fourth-order valence-electron chi connectivity index (χ4n) is 0.474. The van der Waals surface area contributed by atoms with E-state index in [1.165, 1.54) is 0 Å². The molecule has 0 saturated carbocycles. The maximum absolute atomic E-state index is 5.26. The first-order valence-corrected chi connectivity index (χ1v) is 5.04. The Morgan fingerprint density at radius 1 is 1.00 bits per heavy atom. The molecular formula is C7H17O3P. The van der Waals surface area contributed by atoms with Crippen LogP contribution in [0.1, 0.15) is 26.7 Å². The normalized spacial score (nSPS) is 10.9. The molecule has 0 saturated heterocycles. The van der Waals surface area contributed by atoms with Gasteiger partial charge in [-0.15, -0.1) is 0 Å². The van der Waals surface area contributed by atoms with Crippen LogP contribution in [0.15, 0.2) is 0 Å². The van der Waals surface area contributed by atoms with E-state index in [0.29, 0.717) is 13.2 Å². The minimum Gasteiger partial charge on any atom is -0.316 e. The van der Waals surface area contributed by atoms with Gasteiger partial charge in [-0.25, -0.2) is 0 Å². The Balaban J connectivity index is 3.25. The Bertz CT molecular complexity index is 72.1. The summed E-state index contributed by atoms with van der Waals surface area (Å²) in [6, 6.07) is 0. The molecule has 0 fully saturated rings. The lowest BCUT2D eigenvalue weighted by Gasteiger charge is -2.12. The van der Waals surface area contributed by atoms with Gasteiger partial charge in [-0.1, -0.05) is 13.8 Å². The molecule has 0 aromatic heterocycles. The van der Waals surface area contributed by atoms with Crippen molar-refractivity contribution >= 4 is 8.60 Å². The SMILES string of the molecule is CCCOP(OC)OCCC. The third-order valence-electron chi connectivity index (χ3n) is 0.951. The second-order valence-electron chi connectivity index (χ2n) is 2.07. The summed E-state index contributed by atoms with van der Waals surface area (Å²) in [5.41, 5.74) is 0. The Hall–Kier alpha value is 0.310. The Kier molecular flexibility index (Phi) is 8.64. The summed E-state index contributed by atoms with van der Waals surface area (Å²) in [6.45, 7) is 5.54. The van der Waals surface area contributed by atoms with Gasteiger partial charge in [0.15, 0.2) is 0 Å². The summed E-state index contributed by atoms with van der Waals surface area (Å²) in [5.74, 6) is 0. The predicted octanol–water partition coefficient (Wildman–Crippen LogP) is 2.71. The third-order valence-corrected chi connectivity index (χ3v) is 2.04. The highest BCUT2D eigenvalue weighted by Crippen LogP contribution is 2.38. The molecule has 0 atom stereocenters. The molecule has 0 unspecified atom stereocenters. The molecule has 0 aliphatic rings. The van der Waals surface area contributed by atoms with Gasteiger partial charge < -0.3 is 13.6 Å². The topological polar surface area (TPSA) is 27.7 Å². The van der Waals surface area contributed by atoms with E-state index < -0.39 is 8.60 Å². The predicted molar refractivity (Wildman–Crippen MR) is 46.4 cm³/mol. The van der Waals surface area contributed by atoms with Gasteiger partial charge >= 0.3 is 8.60 Å². The molecule has 0 bridgehead atoms. The van der Waals surface area contributed by atoms with Crippen molar-refractivity contribution in [3.63, 3.8) is 0 Å². The van der Waals surface area contributed by atoms with Crippen molar-refractivity contribution < 1.29 is 13.6 Å². The summed E-state index contributed by atoms with van der Waals surface area (Å²) in [7, 11) is 0.538. The highest BCUT2D eigenvalue weighted by atomic mass is 31.2. The standard InChI is InChI=1S/C7H17O3P/c1-4-6-9-11(8-3)10-7-5-2/h4-7H2,1-3H3. The third kappa shape index (κ3) is 6.70. The van der Waals surface area contributed by atoms with Crippen molar-refractivity contribution in [2.45, 2.75) is 26.7 Å². The van der Waals surface area contributed by atoms with E-state index in [4.69, 9.17) is 13.6 Å². The Morgan fingerprint density at radius 2 is 1.45 bits per heavy atom. The highest BCUT2D eigenvalue weighted by Gasteiger charge is 2.07. The van der Waals surface area contributed by atoms with Crippen molar-refractivity contribution in [3.8, 4) is 0 Å². The fourth-order valence-corrected chi connectivity index (χ4v) is 1.42. The van der Waals surface area contributed by atoms with Crippen LogP contribution >= 0.6 is 8.60 Å². The molecule has 0 amide bonds. The molecule has 3 nitrogen and oxygen atoms in total. The van der Waals surface area contributed by atoms with E-state index in [-0.39, 0.29) is 0 Å². The van der Waals surface area contributed by atoms with E-state index >= 15 is 0 Å². The Labute approximate surface area is 70.0 Å².